The van der Waals surface area contributed by atoms with Crippen LogP contribution >= 0.6 is 15.9 Å². The van der Waals surface area contributed by atoms with Crippen molar-refractivity contribution in [1.29, 1.82) is 0 Å². The molecule has 0 radical (unpaired) electrons. The second-order valence-electron chi connectivity index (χ2n) is 4.40. The van der Waals surface area contributed by atoms with E-state index in [-0.39, 0.29) is 11.3 Å². The number of hydrogen-bond acceptors (Lipinski definition) is 3. The molecule has 0 spiro atoms. The van der Waals surface area contributed by atoms with E-state index in [2.05, 4.69) is 15.9 Å². The van der Waals surface area contributed by atoms with Crippen LogP contribution in [0.5, 0.6) is 0 Å². The standard InChI is InChI=1S/C11H15BrO4/c1-4-16-10(15)7(12)5-6-8(9(13)14)11(6,2)3/h5-6,8H,4H2,1-3H3,(H,13,14)/b7-5+/t6-,8-/m0/s1. The first-order valence-corrected chi connectivity index (χ1v) is 5.89. The predicted molar refractivity (Wildman–Crippen MR) is 62.0 cm³/mol. The Morgan fingerprint density at radius 1 is 1.50 bits per heavy atom. The average molecular weight is 291 g/mol. The van der Waals surface area contributed by atoms with E-state index in [0.29, 0.717) is 11.1 Å². The maximum absolute atomic E-state index is 11.3. The van der Waals surface area contributed by atoms with Gasteiger partial charge in [0, 0.05) is 0 Å². The molecule has 1 saturated carbocycles. The Hall–Kier alpha value is -0.840. The monoisotopic (exact) mass is 290 g/mol. The highest BCUT2D eigenvalue weighted by Crippen LogP contribution is 2.59. The van der Waals surface area contributed by atoms with Crippen molar-refractivity contribution in [1.82, 2.24) is 0 Å². The summed E-state index contributed by atoms with van der Waals surface area (Å²) in [4.78, 5) is 22.2. The third-order valence-corrected chi connectivity index (χ3v) is 3.56. The number of carbonyl (C=O) groups is 2. The number of allylic oxidation sites excluding steroid dienone is 1. The molecule has 5 heteroatoms. The second kappa shape index (κ2) is 4.57. The van der Waals surface area contributed by atoms with Gasteiger partial charge in [-0.25, -0.2) is 4.79 Å². The average Bonchev–Trinajstić information content (AvgIpc) is 2.68. The molecular formula is C11H15BrO4. The largest absolute Gasteiger partial charge is 0.481 e. The van der Waals surface area contributed by atoms with Gasteiger partial charge in [0.15, 0.2) is 0 Å². The molecule has 1 aliphatic rings. The van der Waals surface area contributed by atoms with Crippen molar-refractivity contribution in [2.24, 2.45) is 17.3 Å². The quantitative estimate of drug-likeness (QED) is 0.637. The molecule has 16 heavy (non-hydrogen) atoms. The molecular weight excluding hydrogens is 276 g/mol. The minimum Gasteiger partial charge on any atom is -0.481 e. The summed E-state index contributed by atoms with van der Waals surface area (Å²) in [5.74, 6) is -1.82. The van der Waals surface area contributed by atoms with E-state index < -0.39 is 17.9 Å². The topological polar surface area (TPSA) is 63.6 Å². The molecule has 0 amide bonds. The lowest BCUT2D eigenvalue weighted by molar-refractivity contribution is -0.140. The number of rotatable bonds is 4. The van der Waals surface area contributed by atoms with Crippen molar-refractivity contribution < 1.29 is 19.4 Å². The molecule has 1 rings (SSSR count). The van der Waals surface area contributed by atoms with Crippen LogP contribution in [-0.4, -0.2) is 23.7 Å². The molecule has 0 aromatic heterocycles. The SMILES string of the molecule is CCOC(=O)/C(Br)=C\[C@H]1[C@@H](C(=O)O)C1(C)C. The number of carboxylic acid groups (broad SMARTS) is 1. The Labute approximate surface area is 103 Å². The van der Waals surface area contributed by atoms with Gasteiger partial charge in [0.05, 0.1) is 17.0 Å². The highest BCUT2D eigenvalue weighted by molar-refractivity contribution is 9.12. The fraction of sp³-hybridized carbons (Fsp3) is 0.636. The first-order chi connectivity index (χ1) is 7.32. The van der Waals surface area contributed by atoms with Crippen LogP contribution < -0.4 is 0 Å². The minimum absolute atomic E-state index is 0.121. The van der Waals surface area contributed by atoms with E-state index in [1.807, 2.05) is 13.8 Å². The van der Waals surface area contributed by atoms with E-state index in [1.54, 1.807) is 13.0 Å². The van der Waals surface area contributed by atoms with E-state index in [4.69, 9.17) is 9.84 Å². The number of ether oxygens (including phenoxy) is 1. The first-order valence-electron chi connectivity index (χ1n) is 5.09. The summed E-state index contributed by atoms with van der Waals surface area (Å²) in [5, 5.41) is 8.95. The molecule has 0 unspecified atom stereocenters. The Balaban J connectivity index is 2.72. The van der Waals surface area contributed by atoms with Crippen LogP contribution in [0.2, 0.25) is 0 Å². The van der Waals surface area contributed by atoms with Crippen LogP contribution in [0.25, 0.3) is 0 Å². The van der Waals surface area contributed by atoms with Crippen LogP contribution in [0.4, 0.5) is 0 Å². The number of carboxylic acids is 1. The molecule has 0 aromatic rings. The summed E-state index contributed by atoms with van der Waals surface area (Å²) in [5.41, 5.74) is -0.294. The van der Waals surface area contributed by atoms with E-state index >= 15 is 0 Å². The van der Waals surface area contributed by atoms with Crippen molar-refractivity contribution in [2.45, 2.75) is 20.8 Å². The maximum Gasteiger partial charge on any atom is 0.344 e. The Bertz CT molecular complexity index is 346. The Kier molecular flexibility index (Phi) is 3.78. The molecule has 0 heterocycles. The minimum atomic E-state index is -0.824. The van der Waals surface area contributed by atoms with Crippen LogP contribution in [0.1, 0.15) is 20.8 Å². The van der Waals surface area contributed by atoms with Crippen molar-refractivity contribution >= 4 is 27.9 Å². The second-order valence-corrected chi connectivity index (χ2v) is 5.25. The zero-order chi connectivity index (χ0) is 12.5. The third-order valence-electron chi connectivity index (χ3n) is 2.97. The van der Waals surface area contributed by atoms with E-state index in [0.717, 1.165) is 0 Å². The molecule has 1 N–H and O–H groups in total. The number of aliphatic carboxylic acids is 1. The van der Waals surface area contributed by atoms with Crippen molar-refractivity contribution in [2.75, 3.05) is 6.61 Å². The lowest BCUT2D eigenvalue weighted by atomic mass is 10.1. The van der Waals surface area contributed by atoms with Crippen LogP contribution in [0.15, 0.2) is 10.6 Å². The highest BCUT2D eigenvalue weighted by Gasteiger charge is 2.61. The van der Waals surface area contributed by atoms with Crippen LogP contribution in [0.3, 0.4) is 0 Å². The maximum atomic E-state index is 11.3. The number of halogens is 1. The summed E-state index contributed by atoms with van der Waals surface area (Å²) >= 11 is 3.11. The van der Waals surface area contributed by atoms with Gasteiger partial charge in [-0.2, -0.15) is 0 Å². The van der Waals surface area contributed by atoms with Gasteiger partial charge < -0.3 is 9.84 Å². The van der Waals surface area contributed by atoms with Gasteiger partial charge in [-0.15, -0.1) is 0 Å². The lowest BCUT2D eigenvalue weighted by Gasteiger charge is -2.00. The molecule has 0 bridgehead atoms. The van der Waals surface area contributed by atoms with E-state index in [9.17, 15) is 9.59 Å². The van der Waals surface area contributed by atoms with Gasteiger partial charge in [0.2, 0.25) is 0 Å². The zero-order valence-corrected chi connectivity index (χ0v) is 11.1. The molecule has 0 saturated heterocycles. The molecule has 0 aliphatic heterocycles. The molecule has 0 aromatic carbocycles. The fourth-order valence-corrected chi connectivity index (χ4v) is 2.29. The zero-order valence-electron chi connectivity index (χ0n) is 9.49. The third kappa shape index (κ3) is 2.45. The van der Waals surface area contributed by atoms with Crippen molar-refractivity contribution in [3.05, 3.63) is 10.6 Å². The first kappa shape index (κ1) is 13.2. The Morgan fingerprint density at radius 2 is 2.06 bits per heavy atom. The van der Waals surface area contributed by atoms with Gasteiger partial charge in [0.1, 0.15) is 0 Å². The summed E-state index contributed by atoms with van der Waals surface area (Å²) in [6, 6.07) is 0. The molecule has 4 nitrogen and oxygen atoms in total. The predicted octanol–water partition coefficient (Wildman–Crippen LogP) is 2.19. The van der Waals surface area contributed by atoms with Gasteiger partial charge in [-0.1, -0.05) is 19.9 Å². The lowest BCUT2D eigenvalue weighted by Crippen LogP contribution is -2.04. The smallest absolute Gasteiger partial charge is 0.344 e. The number of esters is 1. The summed E-state index contributed by atoms with van der Waals surface area (Å²) in [6.07, 6.45) is 1.64. The molecule has 2 atom stereocenters. The molecule has 90 valence electrons. The van der Waals surface area contributed by atoms with Crippen LogP contribution in [-0.2, 0) is 14.3 Å². The number of carbonyl (C=O) groups excluding carboxylic acids is 1. The van der Waals surface area contributed by atoms with Gasteiger partial charge in [-0.3, -0.25) is 4.79 Å². The molecule has 1 fully saturated rings. The Morgan fingerprint density at radius 3 is 2.44 bits per heavy atom. The molecule has 1 aliphatic carbocycles. The van der Waals surface area contributed by atoms with Crippen molar-refractivity contribution in [3.63, 3.8) is 0 Å². The van der Waals surface area contributed by atoms with Gasteiger partial charge in [-0.05, 0) is 34.2 Å². The highest BCUT2D eigenvalue weighted by atomic mass is 79.9. The fourth-order valence-electron chi connectivity index (χ4n) is 1.89. The van der Waals surface area contributed by atoms with Gasteiger partial charge in [0.25, 0.3) is 0 Å². The number of hydrogen-bond donors (Lipinski definition) is 1. The summed E-state index contributed by atoms with van der Waals surface area (Å²) in [6.45, 7) is 5.77. The van der Waals surface area contributed by atoms with E-state index in [1.165, 1.54) is 0 Å². The normalized spacial score (nSPS) is 27.4. The van der Waals surface area contributed by atoms with Crippen LogP contribution in [0, 0.1) is 17.3 Å². The summed E-state index contributed by atoms with van der Waals surface area (Å²) in [7, 11) is 0. The van der Waals surface area contributed by atoms with Gasteiger partial charge >= 0.3 is 11.9 Å². The van der Waals surface area contributed by atoms with Crippen molar-refractivity contribution in [3.8, 4) is 0 Å². The summed E-state index contributed by atoms with van der Waals surface area (Å²) < 4.78 is 5.10.